The molecule has 1 aromatic rings. The number of halogens is 1. The maximum absolute atomic E-state index is 11.1. The first kappa shape index (κ1) is 14.8. The first-order chi connectivity index (χ1) is 8.58. The summed E-state index contributed by atoms with van der Waals surface area (Å²) in [5, 5.41) is 3.61. The molecule has 0 saturated heterocycles. The van der Waals surface area contributed by atoms with Crippen LogP contribution >= 0.6 is 11.6 Å². The lowest BCUT2D eigenvalue weighted by Crippen LogP contribution is -2.15. The van der Waals surface area contributed by atoms with Gasteiger partial charge in [0.15, 0.2) is 6.61 Å². The summed E-state index contributed by atoms with van der Waals surface area (Å²) in [6.45, 7) is 3.99. The molecule has 0 amide bonds. The Morgan fingerprint density at radius 3 is 2.78 bits per heavy atom. The van der Waals surface area contributed by atoms with E-state index >= 15 is 0 Å². The molecule has 0 aromatic heterocycles. The van der Waals surface area contributed by atoms with E-state index in [-0.39, 0.29) is 12.6 Å². The number of hydrogen-bond donors (Lipinski definition) is 1. The Morgan fingerprint density at radius 1 is 1.50 bits per heavy atom. The van der Waals surface area contributed by atoms with Gasteiger partial charge in [-0.15, -0.1) is 0 Å². The highest BCUT2D eigenvalue weighted by Crippen LogP contribution is 2.27. The topological polar surface area (TPSA) is 47.6 Å². The number of carbonyl (C=O) groups is 1. The molecule has 1 rings (SSSR count). The van der Waals surface area contributed by atoms with Gasteiger partial charge in [-0.25, -0.2) is 4.79 Å². The Bertz CT molecular complexity index is 409. The summed E-state index contributed by atoms with van der Waals surface area (Å²) in [5.74, 6) is 0.0815. The van der Waals surface area contributed by atoms with E-state index in [4.69, 9.17) is 21.1 Å². The fourth-order valence-corrected chi connectivity index (χ4v) is 1.65. The first-order valence-corrected chi connectivity index (χ1v) is 6.21. The van der Waals surface area contributed by atoms with Gasteiger partial charge in [0.05, 0.1) is 11.6 Å². The van der Waals surface area contributed by atoms with Gasteiger partial charge < -0.3 is 14.8 Å². The zero-order valence-electron chi connectivity index (χ0n) is 10.8. The lowest BCUT2D eigenvalue weighted by molar-refractivity contribution is -0.145. The third kappa shape index (κ3) is 4.20. The third-order valence-corrected chi connectivity index (χ3v) is 2.84. The van der Waals surface area contributed by atoms with Crippen molar-refractivity contribution in [2.75, 3.05) is 20.3 Å². The normalized spacial score (nSPS) is 12.0. The van der Waals surface area contributed by atoms with Gasteiger partial charge in [0, 0.05) is 6.04 Å². The van der Waals surface area contributed by atoms with Crippen molar-refractivity contribution in [2.45, 2.75) is 19.9 Å². The Labute approximate surface area is 112 Å². The molecule has 1 atom stereocenters. The summed E-state index contributed by atoms with van der Waals surface area (Å²) in [6.07, 6.45) is 0. The Morgan fingerprint density at radius 2 is 2.22 bits per heavy atom. The van der Waals surface area contributed by atoms with Crippen molar-refractivity contribution in [1.82, 2.24) is 5.32 Å². The zero-order chi connectivity index (χ0) is 13.5. The second-order valence-corrected chi connectivity index (χ2v) is 4.20. The fraction of sp³-hybridized carbons (Fsp3) is 0.462. The van der Waals surface area contributed by atoms with Gasteiger partial charge in [-0.3, -0.25) is 0 Å². The maximum atomic E-state index is 11.1. The molecule has 0 bridgehead atoms. The van der Waals surface area contributed by atoms with Gasteiger partial charge >= 0.3 is 5.97 Å². The molecule has 0 fully saturated rings. The van der Waals surface area contributed by atoms with Gasteiger partial charge in [-0.05, 0) is 38.6 Å². The summed E-state index contributed by atoms with van der Waals surface area (Å²) in [5.41, 5.74) is 1.06. The van der Waals surface area contributed by atoms with Crippen LogP contribution in [-0.4, -0.2) is 26.2 Å². The van der Waals surface area contributed by atoms with E-state index in [2.05, 4.69) is 5.32 Å². The SMILES string of the molecule is CCOC(=O)COc1ccc(C(C)NC)cc1Cl. The quantitative estimate of drug-likeness (QED) is 0.808. The Kier molecular flexibility index (Phi) is 5.95. The van der Waals surface area contributed by atoms with Crippen molar-refractivity contribution >= 4 is 17.6 Å². The lowest BCUT2D eigenvalue weighted by Gasteiger charge is -2.13. The van der Waals surface area contributed by atoms with Crippen LogP contribution in [-0.2, 0) is 9.53 Å². The predicted molar refractivity (Wildman–Crippen MR) is 71.1 cm³/mol. The second-order valence-electron chi connectivity index (χ2n) is 3.79. The van der Waals surface area contributed by atoms with Gasteiger partial charge in [0.25, 0.3) is 0 Å². The van der Waals surface area contributed by atoms with Crippen molar-refractivity contribution in [3.05, 3.63) is 28.8 Å². The van der Waals surface area contributed by atoms with Crippen molar-refractivity contribution in [3.8, 4) is 5.75 Å². The summed E-state index contributed by atoms with van der Waals surface area (Å²) in [7, 11) is 1.88. The fourth-order valence-electron chi connectivity index (χ4n) is 1.41. The minimum Gasteiger partial charge on any atom is -0.480 e. The van der Waals surface area contributed by atoms with Gasteiger partial charge in [-0.1, -0.05) is 17.7 Å². The van der Waals surface area contributed by atoms with E-state index in [0.717, 1.165) is 5.56 Å². The average Bonchev–Trinajstić information content (AvgIpc) is 2.36. The van der Waals surface area contributed by atoms with E-state index in [1.54, 1.807) is 13.0 Å². The standard InChI is InChI=1S/C13H18ClNO3/c1-4-17-13(16)8-18-12-6-5-10(7-11(12)14)9(2)15-3/h5-7,9,15H,4,8H2,1-3H3. The number of esters is 1. The van der Waals surface area contributed by atoms with Crippen LogP contribution < -0.4 is 10.1 Å². The Balaban J connectivity index is 2.65. The molecule has 0 aliphatic rings. The molecule has 18 heavy (non-hydrogen) atoms. The number of rotatable bonds is 6. The van der Waals surface area contributed by atoms with E-state index in [1.165, 1.54) is 0 Å². The van der Waals surface area contributed by atoms with Crippen LogP contribution in [0.15, 0.2) is 18.2 Å². The smallest absolute Gasteiger partial charge is 0.344 e. The molecule has 0 heterocycles. The summed E-state index contributed by atoms with van der Waals surface area (Å²) >= 11 is 6.09. The molecule has 1 aromatic carbocycles. The van der Waals surface area contributed by atoms with Gasteiger partial charge in [-0.2, -0.15) is 0 Å². The van der Waals surface area contributed by atoms with Crippen LogP contribution in [0.3, 0.4) is 0 Å². The Hall–Kier alpha value is -1.26. The molecule has 0 saturated carbocycles. The molecular weight excluding hydrogens is 254 g/mol. The lowest BCUT2D eigenvalue weighted by atomic mass is 10.1. The van der Waals surface area contributed by atoms with Gasteiger partial charge in [0.1, 0.15) is 5.75 Å². The van der Waals surface area contributed by atoms with Crippen molar-refractivity contribution in [1.29, 1.82) is 0 Å². The number of carbonyl (C=O) groups excluding carboxylic acids is 1. The van der Waals surface area contributed by atoms with Crippen LogP contribution in [0.2, 0.25) is 5.02 Å². The van der Waals surface area contributed by atoms with Crippen molar-refractivity contribution in [2.24, 2.45) is 0 Å². The minimum atomic E-state index is -0.402. The summed E-state index contributed by atoms with van der Waals surface area (Å²) in [6, 6.07) is 5.70. The van der Waals surface area contributed by atoms with Crippen molar-refractivity contribution in [3.63, 3.8) is 0 Å². The first-order valence-electron chi connectivity index (χ1n) is 5.83. The largest absolute Gasteiger partial charge is 0.480 e. The molecule has 4 nitrogen and oxygen atoms in total. The van der Waals surface area contributed by atoms with E-state index < -0.39 is 5.97 Å². The number of hydrogen-bond acceptors (Lipinski definition) is 4. The second kappa shape index (κ2) is 7.24. The highest BCUT2D eigenvalue weighted by molar-refractivity contribution is 6.32. The highest BCUT2D eigenvalue weighted by Gasteiger charge is 2.09. The number of benzene rings is 1. The molecule has 5 heteroatoms. The molecule has 0 radical (unpaired) electrons. The van der Waals surface area contributed by atoms with Crippen LogP contribution in [0.5, 0.6) is 5.75 Å². The van der Waals surface area contributed by atoms with Gasteiger partial charge in [0.2, 0.25) is 0 Å². The van der Waals surface area contributed by atoms with Crippen LogP contribution in [0.4, 0.5) is 0 Å². The molecule has 100 valence electrons. The van der Waals surface area contributed by atoms with E-state index in [1.807, 2.05) is 26.1 Å². The average molecular weight is 272 g/mol. The summed E-state index contributed by atoms with van der Waals surface area (Å²) < 4.78 is 10.1. The maximum Gasteiger partial charge on any atom is 0.344 e. The third-order valence-electron chi connectivity index (χ3n) is 2.54. The monoisotopic (exact) mass is 271 g/mol. The van der Waals surface area contributed by atoms with Crippen molar-refractivity contribution < 1.29 is 14.3 Å². The number of nitrogens with one attached hydrogen (secondary N) is 1. The molecule has 1 unspecified atom stereocenters. The predicted octanol–water partition coefficient (Wildman–Crippen LogP) is 2.56. The summed E-state index contributed by atoms with van der Waals surface area (Å²) in [4.78, 5) is 11.1. The molecule has 1 N–H and O–H groups in total. The molecule has 0 aliphatic carbocycles. The van der Waals surface area contributed by atoms with Crippen LogP contribution in [0, 0.1) is 0 Å². The van der Waals surface area contributed by atoms with E-state index in [0.29, 0.717) is 17.4 Å². The van der Waals surface area contributed by atoms with Crippen LogP contribution in [0.25, 0.3) is 0 Å². The number of ether oxygens (including phenoxy) is 2. The molecular formula is C13H18ClNO3. The molecule has 0 spiro atoms. The zero-order valence-corrected chi connectivity index (χ0v) is 11.6. The highest BCUT2D eigenvalue weighted by atomic mass is 35.5. The van der Waals surface area contributed by atoms with E-state index in [9.17, 15) is 4.79 Å². The minimum absolute atomic E-state index is 0.130. The molecule has 0 aliphatic heterocycles. The van der Waals surface area contributed by atoms with Crippen LogP contribution in [0.1, 0.15) is 25.5 Å².